The van der Waals surface area contributed by atoms with E-state index in [1.807, 2.05) is 0 Å². The van der Waals surface area contributed by atoms with Crippen LogP contribution in [0.1, 0.15) is 43.8 Å². The molecule has 2 heterocycles. The molecule has 1 unspecified atom stereocenters. The van der Waals surface area contributed by atoms with E-state index in [1.165, 1.54) is 12.8 Å². The molecule has 0 spiro atoms. The van der Waals surface area contributed by atoms with Crippen molar-refractivity contribution in [3.8, 4) is 0 Å². The Morgan fingerprint density at radius 2 is 1.96 bits per heavy atom. The van der Waals surface area contributed by atoms with Gasteiger partial charge in [0.15, 0.2) is 11.7 Å². The Morgan fingerprint density at radius 3 is 2.48 bits per heavy atom. The van der Waals surface area contributed by atoms with Crippen molar-refractivity contribution < 1.29 is 13.2 Å². The van der Waals surface area contributed by atoms with Crippen LogP contribution in [0.4, 0.5) is 13.2 Å². The highest BCUT2D eigenvalue weighted by atomic mass is 127. The quantitative estimate of drug-likeness (QED) is 0.326. The van der Waals surface area contributed by atoms with Crippen LogP contribution in [0.15, 0.2) is 10.4 Å². The third-order valence-electron chi connectivity index (χ3n) is 4.38. The number of hydrogen-bond acceptors (Lipinski definition) is 4. The lowest BCUT2D eigenvalue weighted by Gasteiger charge is -2.29. The second kappa shape index (κ2) is 11.4. The minimum atomic E-state index is -4.39. The summed E-state index contributed by atoms with van der Waals surface area (Å²) in [6, 6.07) is 0.438. The Labute approximate surface area is 180 Å². The van der Waals surface area contributed by atoms with Gasteiger partial charge >= 0.3 is 6.18 Å². The monoisotopic (exact) mass is 519 g/mol. The maximum Gasteiger partial charge on any atom is 0.434 e. The first-order valence-corrected chi connectivity index (χ1v) is 9.87. The molecule has 0 amide bonds. The first kappa shape index (κ1) is 24.4. The predicted octanol–water partition coefficient (Wildman–Crippen LogP) is 3.96. The largest absolute Gasteiger partial charge is 0.434 e. The highest BCUT2D eigenvalue weighted by Gasteiger charge is 2.33. The van der Waals surface area contributed by atoms with Crippen LogP contribution in [-0.4, -0.2) is 48.6 Å². The summed E-state index contributed by atoms with van der Waals surface area (Å²) in [7, 11) is 1.66. The molecule has 1 aromatic rings. The van der Waals surface area contributed by atoms with E-state index in [2.05, 4.69) is 39.4 Å². The van der Waals surface area contributed by atoms with E-state index < -0.39 is 11.9 Å². The van der Waals surface area contributed by atoms with Gasteiger partial charge in [-0.15, -0.1) is 35.3 Å². The Kier molecular flexibility index (Phi) is 10.3. The number of hydrogen-bond donors (Lipinski definition) is 2. The number of alkyl halides is 3. The fourth-order valence-corrected chi connectivity index (χ4v) is 3.87. The van der Waals surface area contributed by atoms with Gasteiger partial charge in [-0.2, -0.15) is 13.2 Å². The number of aliphatic imine (C=N–C) groups is 1. The third-order valence-corrected chi connectivity index (χ3v) is 5.23. The van der Waals surface area contributed by atoms with Crippen molar-refractivity contribution >= 4 is 41.3 Å². The van der Waals surface area contributed by atoms with Crippen molar-refractivity contribution in [1.82, 2.24) is 20.5 Å². The number of likely N-dealkylation sites (tertiary alicyclic amines) is 1. The molecule has 2 rings (SSSR count). The van der Waals surface area contributed by atoms with Crippen molar-refractivity contribution in [3.05, 3.63) is 16.1 Å². The molecule has 1 saturated heterocycles. The summed E-state index contributed by atoms with van der Waals surface area (Å²) in [5.41, 5.74) is -0.840. The molecule has 1 atom stereocenters. The number of thiazole rings is 1. The fourth-order valence-electron chi connectivity index (χ4n) is 3.13. The molecule has 10 heteroatoms. The van der Waals surface area contributed by atoms with Gasteiger partial charge in [0.1, 0.15) is 5.01 Å². The lowest BCUT2D eigenvalue weighted by atomic mass is 10.0. The van der Waals surface area contributed by atoms with Crippen molar-refractivity contribution in [2.75, 3.05) is 26.7 Å². The Bertz CT molecular complexity index is 585. The molecule has 0 aliphatic carbocycles. The number of halogens is 4. The van der Waals surface area contributed by atoms with Gasteiger partial charge in [0.2, 0.25) is 0 Å². The van der Waals surface area contributed by atoms with E-state index in [4.69, 9.17) is 0 Å². The van der Waals surface area contributed by atoms with Crippen molar-refractivity contribution in [2.45, 2.75) is 51.9 Å². The molecule has 156 valence electrons. The molecular formula is C17H29F3IN5S. The minimum Gasteiger partial charge on any atom is -0.355 e. The molecular weight excluding hydrogens is 490 g/mol. The number of aromatic nitrogens is 1. The summed E-state index contributed by atoms with van der Waals surface area (Å²) in [5.74, 6) is 1.19. The third kappa shape index (κ3) is 8.10. The van der Waals surface area contributed by atoms with Gasteiger partial charge in [-0.05, 0) is 38.3 Å². The SMILES string of the molecule is CN=C(NCc1nc(C(F)(F)F)cs1)NCC(CC(C)C)N1CCCC1.I. The maximum absolute atomic E-state index is 12.6. The van der Waals surface area contributed by atoms with E-state index >= 15 is 0 Å². The van der Waals surface area contributed by atoms with Gasteiger partial charge < -0.3 is 10.6 Å². The average Bonchev–Trinajstić information content (AvgIpc) is 3.24. The normalized spacial score (nSPS) is 17.1. The molecule has 1 aliphatic rings. The van der Waals surface area contributed by atoms with Crippen molar-refractivity contribution in [3.63, 3.8) is 0 Å². The Hall–Kier alpha value is -0.620. The molecule has 0 radical (unpaired) electrons. The van der Waals surface area contributed by atoms with Crippen LogP contribution < -0.4 is 10.6 Å². The molecule has 0 saturated carbocycles. The summed E-state index contributed by atoms with van der Waals surface area (Å²) >= 11 is 0.997. The molecule has 5 nitrogen and oxygen atoms in total. The van der Waals surface area contributed by atoms with Crippen LogP contribution in [0.3, 0.4) is 0 Å². The topological polar surface area (TPSA) is 52.6 Å². The minimum absolute atomic E-state index is 0. The first-order valence-electron chi connectivity index (χ1n) is 8.99. The summed E-state index contributed by atoms with van der Waals surface area (Å²) in [6.45, 7) is 7.69. The van der Waals surface area contributed by atoms with E-state index in [-0.39, 0.29) is 30.5 Å². The molecule has 1 aromatic heterocycles. The maximum atomic E-state index is 12.6. The molecule has 0 bridgehead atoms. The van der Waals surface area contributed by atoms with Gasteiger partial charge in [-0.25, -0.2) is 4.98 Å². The van der Waals surface area contributed by atoms with Crippen LogP contribution in [0.5, 0.6) is 0 Å². The number of nitrogens with one attached hydrogen (secondary N) is 2. The molecule has 0 aromatic carbocycles. The number of nitrogens with zero attached hydrogens (tertiary/aromatic N) is 3. The first-order chi connectivity index (χ1) is 12.3. The zero-order valence-electron chi connectivity index (χ0n) is 16.0. The number of rotatable bonds is 7. The van der Waals surface area contributed by atoms with Crippen molar-refractivity contribution in [2.24, 2.45) is 10.9 Å². The lowest BCUT2D eigenvalue weighted by Crippen LogP contribution is -2.46. The molecule has 1 aliphatic heterocycles. The molecule has 27 heavy (non-hydrogen) atoms. The van der Waals surface area contributed by atoms with Crippen LogP contribution >= 0.6 is 35.3 Å². The number of guanidine groups is 1. The van der Waals surface area contributed by atoms with Gasteiger partial charge in [-0.3, -0.25) is 9.89 Å². The fraction of sp³-hybridized carbons (Fsp3) is 0.765. The van der Waals surface area contributed by atoms with Crippen LogP contribution in [0, 0.1) is 5.92 Å². The zero-order chi connectivity index (χ0) is 19.2. The molecule has 1 fully saturated rings. The zero-order valence-corrected chi connectivity index (χ0v) is 19.1. The van der Waals surface area contributed by atoms with Gasteiger partial charge in [0.05, 0.1) is 6.54 Å². The molecule has 2 N–H and O–H groups in total. The summed E-state index contributed by atoms with van der Waals surface area (Å²) < 4.78 is 37.8. The second-order valence-corrected chi connectivity index (χ2v) is 7.90. The van der Waals surface area contributed by atoms with E-state index in [1.54, 1.807) is 7.05 Å². The predicted molar refractivity (Wildman–Crippen MR) is 115 cm³/mol. The summed E-state index contributed by atoms with van der Waals surface area (Å²) in [4.78, 5) is 10.3. The highest BCUT2D eigenvalue weighted by Crippen LogP contribution is 2.29. The van der Waals surface area contributed by atoms with Gasteiger partial charge in [0.25, 0.3) is 0 Å². The Balaban J connectivity index is 0.00000364. The van der Waals surface area contributed by atoms with Gasteiger partial charge in [0, 0.05) is 25.0 Å². The van der Waals surface area contributed by atoms with Crippen molar-refractivity contribution in [1.29, 1.82) is 0 Å². The average molecular weight is 519 g/mol. The van der Waals surface area contributed by atoms with E-state index in [0.717, 1.165) is 42.8 Å². The van der Waals surface area contributed by atoms with E-state index in [9.17, 15) is 13.2 Å². The van der Waals surface area contributed by atoms with Crippen LogP contribution in [0.2, 0.25) is 0 Å². The second-order valence-electron chi connectivity index (χ2n) is 6.96. The Morgan fingerprint density at radius 1 is 1.30 bits per heavy atom. The van der Waals surface area contributed by atoms with E-state index in [0.29, 0.717) is 22.9 Å². The van der Waals surface area contributed by atoms with Gasteiger partial charge in [-0.1, -0.05) is 13.8 Å². The lowest BCUT2D eigenvalue weighted by molar-refractivity contribution is -0.140. The highest BCUT2D eigenvalue weighted by molar-refractivity contribution is 14.0. The standard InChI is InChI=1S/C17H28F3N5S.HI/c1-12(2)8-13(25-6-4-5-7-25)9-22-16(21-3)23-10-15-24-14(11-26-15)17(18,19)20;/h11-13H,4-10H2,1-3H3,(H2,21,22,23);1H. The summed E-state index contributed by atoms with van der Waals surface area (Å²) in [5, 5.41) is 7.79. The van der Waals surface area contributed by atoms with Crippen LogP contribution in [-0.2, 0) is 12.7 Å². The van der Waals surface area contributed by atoms with Crippen LogP contribution in [0.25, 0.3) is 0 Å². The smallest absolute Gasteiger partial charge is 0.355 e. The summed E-state index contributed by atoms with van der Waals surface area (Å²) in [6.07, 6.45) is -0.805.